The molecule has 6 nitrogen and oxygen atoms in total. The van der Waals surface area contributed by atoms with Crippen LogP contribution in [0.2, 0.25) is 5.02 Å². The van der Waals surface area contributed by atoms with Crippen LogP contribution in [0.15, 0.2) is 47.4 Å². The number of hydrogen-bond donors (Lipinski definition) is 1. The molecule has 2 heterocycles. The van der Waals surface area contributed by atoms with Crippen LogP contribution in [0.4, 0.5) is 5.69 Å². The average Bonchev–Trinajstić information content (AvgIpc) is 2.75. The molecule has 0 saturated carbocycles. The molecule has 162 valence electrons. The van der Waals surface area contributed by atoms with Crippen LogP contribution in [0.3, 0.4) is 0 Å². The first-order valence-corrected chi connectivity index (χ1v) is 12.2. The third-order valence-corrected chi connectivity index (χ3v) is 7.56. The maximum Gasteiger partial charge on any atom is 0.240 e. The summed E-state index contributed by atoms with van der Waals surface area (Å²) < 4.78 is 34.0. The molecule has 4 rings (SSSR count). The van der Waals surface area contributed by atoms with E-state index in [0.29, 0.717) is 24.8 Å². The topological polar surface area (TPSA) is 61.9 Å². The highest BCUT2D eigenvalue weighted by atomic mass is 35.5. The van der Waals surface area contributed by atoms with E-state index < -0.39 is 10.0 Å². The van der Waals surface area contributed by atoms with Crippen molar-refractivity contribution in [1.29, 1.82) is 0 Å². The number of benzene rings is 2. The summed E-state index contributed by atoms with van der Waals surface area (Å²) in [6.07, 6.45) is 2.19. The predicted octanol–water partition coefficient (Wildman–Crippen LogP) is 3.07. The first kappa shape index (κ1) is 21.6. The molecular formula is C22H28ClN3O3S. The SMILES string of the molecule is CN1CCCc2cc([C@H](CNS(=O)(=O)c3cccc(Cl)c3)N3CCOCC3)ccc21. The molecule has 0 spiro atoms. The van der Waals surface area contributed by atoms with Crippen LogP contribution >= 0.6 is 11.6 Å². The van der Waals surface area contributed by atoms with Crippen LogP contribution < -0.4 is 9.62 Å². The number of nitrogens with one attached hydrogen (secondary N) is 1. The lowest BCUT2D eigenvalue weighted by Gasteiger charge is -2.36. The van der Waals surface area contributed by atoms with Crippen LogP contribution in [0, 0.1) is 0 Å². The highest BCUT2D eigenvalue weighted by molar-refractivity contribution is 7.89. The number of sulfonamides is 1. The molecule has 1 atom stereocenters. The normalized spacial score (nSPS) is 18.8. The van der Waals surface area contributed by atoms with E-state index in [9.17, 15) is 8.42 Å². The molecule has 1 fully saturated rings. The first-order valence-electron chi connectivity index (χ1n) is 10.3. The Bertz CT molecular complexity index is 993. The minimum atomic E-state index is -3.65. The number of halogens is 1. The van der Waals surface area contributed by atoms with Crippen molar-refractivity contribution in [2.24, 2.45) is 0 Å². The van der Waals surface area contributed by atoms with Crippen molar-refractivity contribution in [1.82, 2.24) is 9.62 Å². The van der Waals surface area contributed by atoms with Gasteiger partial charge in [-0.3, -0.25) is 4.90 Å². The third-order valence-electron chi connectivity index (χ3n) is 5.90. The van der Waals surface area contributed by atoms with Crippen LogP contribution in [-0.4, -0.2) is 59.8 Å². The first-order chi connectivity index (χ1) is 14.4. The monoisotopic (exact) mass is 449 g/mol. The van der Waals surface area contributed by atoms with Crippen molar-refractivity contribution in [2.45, 2.75) is 23.8 Å². The second-order valence-electron chi connectivity index (χ2n) is 7.89. The van der Waals surface area contributed by atoms with Crippen molar-refractivity contribution < 1.29 is 13.2 Å². The van der Waals surface area contributed by atoms with E-state index >= 15 is 0 Å². The summed E-state index contributed by atoms with van der Waals surface area (Å²) in [6.45, 7) is 4.24. The van der Waals surface area contributed by atoms with Crippen molar-refractivity contribution in [3.63, 3.8) is 0 Å². The summed E-state index contributed by atoms with van der Waals surface area (Å²) >= 11 is 5.99. The minimum absolute atomic E-state index is 0.0552. The van der Waals surface area contributed by atoms with E-state index in [2.05, 4.69) is 39.8 Å². The summed E-state index contributed by atoms with van der Waals surface area (Å²) in [5.41, 5.74) is 3.74. The van der Waals surface area contributed by atoms with Crippen LogP contribution in [0.1, 0.15) is 23.6 Å². The summed E-state index contributed by atoms with van der Waals surface area (Å²) in [7, 11) is -1.53. The van der Waals surface area contributed by atoms with Gasteiger partial charge in [0.2, 0.25) is 10.0 Å². The zero-order valence-corrected chi connectivity index (χ0v) is 18.8. The Kier molecular flexibility index (Phi) is 6.65. The largest absolute Gasteiger partial charge is 0.379 e. The third kappa shape index (κ3) is 4.81. The van der Waals surface area contributed by atoms with Gasteiger partial charge in [0.25, 0.3) is 0 Å². The second-order valence-corrected chi connectivity index (χ2v) is 10.1. The molecule has 0 unspecified atom stereocenters. The summed E-state index contributed by atoms with van der Waals surface area (Å²) in [5, 5.41) is 0.404. The lowest BCUT2D eigenvalue weighted by Crippen LogP contribution is -2.43. The van der Waals surface area contributed by atoms with Gasteiger partial charge in [-0.25, -0.2) is 13.1 Å². The standard InChI is InChI=1S/C22H28ClN3O3S/c1-25-9-3-4-17-14-18(7-8-21(17)25)22(26-10-12-29-13-11-26)16-24-30(27,28)20-6-2-5-19(23)15-20/h2,5-8,14-15,22,24H,3-4,9-13,16H2,1H3/t22-/m0/s1. The number of ether oxygens (including phenoxy) is 1. The van der Waals surface area contributed by atoms with E-state index in [-0.39, 0.29) is 10.9 Å². The Labute approximate surface area is 183 Å². The number of fused-ring (bicyclic) bond motifs is 1. The van der Waals surface area contributed by atoms with Gasteiger partial charge in [-0.1, -0.05) is 29.8 Å². The molecule has 2 aromatic carbocycles. The van der Waals surface area contributed by atoms with Gasteiger partial charge in [0.15, 0.2) is 0 Å². The number of hydrogen-bond acceptors (Lipinski definition) is 5. The summed E-state index contributed by atoms with van der Waals surface area (Å²) in [5.74, 6) is 0. The summed E-state index contributed by atoms with van der Waals surface area (Å²) in [6, 6.07) is 12.9. The molecule has 2 aromatic rings. The van der Waals surface area contributed by atoms with Gasteiger partial charge in [-0.05, 0) is 48.2 Å². The molecular weight excluding hydrogens is 422 g/mol. The Balaban J connectivity index is 1.59. The number of rotatable bonds is 6. The molecule has 0 bridgehead atoms. The van der Waals surface area contributed by atoms with Crippen LogP contribution in [-0.2, 0) is 21.2 Å². The Morgan fingerprint density at radius 1 is 1.13 bits per heavy atom. The second kappa shape index (κ2) is 9.24. The average molecular weight is 450 g/mol. The van der Waals surface area contributed by atoms with Crippen molar-refractivity contribution in [3.05, 3.63) is 58.6 Å². The molecule has 1 N–H and O–H groups in total. The van der Waals surface area contributed by atoms with Gasteiger partial charge < -0.3 is 9.64 Å². The van der Waals surface area contributed by atoms with Gasteiger partial charge in [0.05, 0.1) is 18.1 Å². The van der Waals surface area contributed by atoms with Crippen LogP contribution in [0.5, 0.6) is 0 Å². The van der Waals surface area contributed by atoms with Gasteiger partial charge in [0.1, 0.15) is 0 Å². The maximum absolute atomic E-state index is 12.9. The highest BCUT2D eigenvalue weighted by Crippen LogP contribution is 2.31. The molecule has 0 aliphatic carbocycles. The molecule has 2 aliphatic rings. The van der Waals surface area contributed by atoms with E-state index in [1.165, 1.54) is 17.3 Å². The maximum atomic E-state index is 12.9. The molecule has 1 saturated heterocycles. The number of anilines is 1. The Morgan fingerprint density at radius 2 is 1.93 bits per heavy atom. The summed E-state index contributed by atoms with van der Waals surface area (Å²) in [4.78, 5) is 4.77. The van der Waals surface area contributed by atoms with Gasteiger partial charge in [-0.2, -0.15) is 0 Å². The van der Waals surface area contributed by atoms with Crippen molar-refractivity contribution in [2.75, 3.05) is 51.3 Å². The van der Waals surface area contributed by atoms with E-state index in [1.807, 2.05) is 0 Å². The number of morpholine rings is 1. The predicted molar refractivity (Wildman–Crippen MR) is 120 cm³/mol. The molecule has 8 heteroatoms. The Hall–Kier alpha value is -1.64. The van der Waals surface area contributed by atoms with Gasteiger partial charge >= 0.3 is 0 Å². The zero-order valence-electron chi connectivity index (χ0n) is 17.2. The van der Waals surface area contributed by atoms with Crippen molar-refractivity contribution >= 4 is 27.3 Å². The quantitative estimate of drug-likeness (QED) is 0.734. The zero-order chi connectivity index (χ0) is 21.1. The molecule has 30 heavy (non-hydrogen) atoms. The smallest absolute Gasteiger partial charge is 0.240 e. The van der Waals surface area contributed by atoms with E-state index in [1.54, 1.807) is 18.2 Å². The lowest BCUT2D eigenvalue weighted by molar-refractivity contribution is 0.0172. The van der Waals surface area contributed by atoms with Gasteiger partial charge in [-0.15, -0.1) is 0 Å². The number of aryl methyl sites for hydroxylation is 1. The van der Waals surface area contributed by atoms with Crippen molar-refractivity contribution in [3.8, 4) is 0 Å². The highest BCUT2D eigenvalue weighted by Gasteiger charge is 2.26. The van der Waals surface area contributed by atoms with E-state index in [0.717, 1.165) is 38.0 Å². The van der Waals surface area contributed by atoms with Gasteiger partial charge in [0, 0.05) is 50.0 Å². The fraction of sp³-hybridized carbons (Fsp3) is 0.455. The molecule has 0 amide bonds. The lowest BCUT2D eigenvalue weighted by atomic mass is 9.96. The Morgan fingerprint density at radius 3 is 2.70 bits per heavy atom. The molecule has 0 radical (unpaired) electrons. The van der Waals surface area contributed by atoms with E-state index in [4.69, 9.17) is 16.3 Å². The fourth-order valence-corrected chi connectivity index (χ4v) is 5.60. The molecule has 2 aliphatic heterocycles. The molecule has 0 aromatic heterocycles. The fourth-order valence-electron chi connectivity index (χ4n) is 4.27. The van der Waals surface area contributed by atoms with Crippen LogP contribution in [0.25, 0.3) is 0 Å². The number of nitrogens with zero attached hydrogens (tertiary/aromatic N) is 2. The minimum Gasteiger partial charge on any atom is -0.379 e.